The molecule has 140 valence electrons. The van der Waals surface area contributed by atoms with E-state index in [4.69, 9.17) is 10.7 Å². The van der Waals surface area contributed by atoms with E-state index in [9.17, 15) is 4.79 Å². The molecule has 1 amide bonds. The van der Waals surface area contributed by atoms with Crippen LogP contribution in [0, 0.1) is 19.8 Å². The van der Waals surface area contributed by atoms with E-state index in [0.29, 0.717) is 12.3 Å². The van der Waals surface area contributed by atoms with Crippen LogP contribution in [0.2, 0.25) is 0 Å². The van der Waals surface area contributed by atoms with Crippen molar-refractivity contribution in [3.63, 3.8) is 0 Å². The minimum Gasteiger partial charge on any atom is -0.338 e. The first-order valence-corrected chi connectivity index (χ1v) is 10.2. The molecule has 1 unspecified atom stereocenters. The lowest BCUT2D eigenvalue weighted by atomic mass is 9.99. The highest BCUT2D eigenvalue weighted by Crippen LogP contribution is 2.35. The monoisotopic (exact) mass is 371 g/mol. The smallest absolute Gasteiger partial charge is 0.223 e. The minimum absolute atomic E-state index is 0.0248. The second-order valence-electron chi connectivity index (χ2n) is 7.57. The van der Waals surface area contributed by atoms with E-state index in [-0.39, 0.29) is 18.0 Å². The molecular formula is C21H29N3OS. The summed E-state index contributed by atoms with van der Waals surface area (Å²) in [5, 5.41) is 1.02. The number of thiazole rings is 1. The van der Waals surface area contributed by atoms with Crippen molar-refractivity contribution in [2.75, 3.05) is 7.05 Å². The van der Waals surface area contributed by atoms with E-state index in [1.54, 1.807) is 11.3 Å². The Morgan fingerprint density at radius 2 is 2.00 bits per heavy atom. The van der Waals surface area contributed by atoms with Crippen molar-refractivity contribution in [2.45, 2.75) is 58.5 Å². The van der Waals surface area contributed by atoms with Crippen LogP contribution < -0.4 is 5.73 Å². The number of hydrogen-bond donors (Lipinski definition) is 1. The van der Waals surface area contributed by atoms with Gasteiger partial charge in [0.05, 0.1) is 16.6 Å². The molecule has 1 fully saturated rings. The normalized spacial score (nSPS) is 21.0. The first kappa shape index (κ1) is 19.1. The zero-order valence-corrected chi connectivity index (χ0v) is 17.0. The highest BCUT2D eigenvalue weighted by molar-refractivity contribution is 7.15. The number of amides is 1. The van der Waals surface area contributed by atoms with E-state index in [1.165, 1.54) is 5.56 Å². The Morgan fingerprint density at radius 3 is 2.62 bits per heavy atom. The second kappa shape index (κ2) is 7.89. The molecule has 2 aromatic rings. The summed E-state index contributed by atoms with van der Waals surface area (Å²) in [7, 11) is 1.90. The maximum absolute atomic E-state index is 12.7. The van der Waals surface area contributed by atoms with Crippen LogP contribution in [0.4, 0.5) is 0 Å². The average molecular weight is 372 g/mol. The molecule has 26 heavy (non-hydrogen) atoms. The van der Waals surface area contributed by atoms with Crippen LogP contribution in [0.25, 0.3) is 10.6 Å². The number of carbonyl (C=O) groups is 1. The Kier molecular flexibility index (Phi) is 5.78. The van der Waals surface area contributed by atoms with Crippen LogP contribution in [0.1, 0.15) is 54.8 Å². The number of nitrogens with zero attached hydrogens (tertiary/aromatic N) is 2. The fraction of sp³-hybridized carbons (Fsp3) is 0.524. The van der Waals surface area contributed by atoms with Crippen LogP contribution in [-0.2, 0) is 4.79 Å². The molecule has 0 spiro atoms. The van der Waals surface area contributed by atoms with E-state index in [1.807, 2.05) is 18.9 Å². The topological polar surface area (TPSA) is 59.2 Å². The number of hydrogen-bond acceptors (Lipinski definition) is 4. The van der Waals surface area contributed by atoms with Gasteiger partial charge in [-0.3, -0.25) is 4.79 Å². The summed E-state index contributed by atoms with van der Waals surface area (Å²) < 4.78 is 0. The third-order valence-corrected chi connectivity index (χ3v) is 7.02. The molecule has 1 aromatic heterocycles. The lowest BCUT2D eigenvalue weighted by Gasteiger charge is -2.26. The van der Waals surface area contributed by atoms with Crippen LogP contribution in [0.3, 0.4) is 0 Å². The fourth-order valence-corrected chi connectivity index (χ4v) is 4.86. The molecule has 1 aliphatic rings. The standard InChI is InChI=1S/C21H29N3OS/c1-13-8-10-16(11-9-13)21-23-14(2)20(26-21)15(3)24(4)19(25)12-17-6-5-7-18(17)22/h8-11,15,17-18H,5-7,12,22H2,1-4H3/t15?,17-,18+/m0/s1. The first-order valence-electron chi connectivity index (χ1n) is 9.42. The maximum atomic E-state index is 12.7. The highest BCUT2D eigenvalue weighted by atomic mass is 32.1. The van der Waals surface area contributed by atoms with Crippen molar-refractivity contribution in [3.05, 3.63) is 40.4 Å². The zero-order chi connectivity index (χ0) is 18.8. The van der Waals surface area contributed by atoms with Gasteiger partial charge in [0, 0.05) is 25.1 Å². The van der Waals surface area contributed by atoms with Gasteiger partial charge in [0.25, 0.3) is 0 Å². The molecule has 1 aromatic carbocycles. The summed E-state index contributed by atoms with van der Waals surface area (Å²) in [6.07, 6.45) is 3.83. The second-order valence-corrected chi connectivity index (χ2v) is 8.60. The quantitative estimate of drug-likeness (QED) is 0.844. The molecule has 1 aliphatic carbocycles. The minimum atomic E-state index is 0.0248. The SMILES string of the molecule is Cc1ccc(-c2nc(C)c(C(C)N(C)C(=O)C[C@@H]3CCC[C@H]3N)s2)cc1. The predicted molar refractivity (Wildman–Crippen MR) is 108 cm³/mol. The van der Waals surface area contributed by atoms with E-state index >= 15 is 0 Å². The molecule has 1 heterocycles. The largest absolute Gasteiger partial charge is 0.338 e. The van der Waals surface area contributed by atoms with Gasteiger partial charge in [0.2, 0.25) is 5.91 Å². The van der Waals surface area contributed by atoms with Gasteiger partial charge < -0.3 is 10.6 Å². The van der Waals surface area contributed by atoms with E-state index in [2.05, 4.69) is 38.1 Å². The summed E-state index contributed by atoms with van der Waals surface area (Å²) in [6, 6.07) is 8.64. The van der Waals surface area contributed by atoms with Crippen molar-refractivity contribution in [1.29, 1.82) is 0 Å². The Morgan fingerprint density at radius 1 is 1.31 bits per heavy atom. The molecule has 3 rings (SSSR count). The Hall–Kier alpha value is -1.72. The Labute approximate surface area is 160 Å². The average Bonchev–Trinajstić information content (AvgIpc) is 3.20. The number of benzene rings is 1. The van der Waals surface area contributed by atoms with Gasteiger partial charge in [0.1, 0.15) is 5.01 Å². The molecule has 0 saturated heterocycles. The Bertz CT molecular complexity index is 768. The molecular weight excluding hydrogens is 342 g/mol. The van der Waals surface area contributed by atoms with Crippen molar-refractivity contribution in [3.8, 4) is 10.6 Å². The van der Waals surface area contributed by atoms with Crippen LogP contribution >= 0.6 is 11.3 Å². The number of carbonyl (C=O) groups excluding carboxylic acids is 1. The maximum Gasteiger partial charge on any atom is 0.223 e. The van der Waals surface area contributed by atoms with Crippen LogP contribution in [-0.4, -0.2) is 28.9 Å². The van der Waals surface area contributed by atoms with Crippen LogP contribution in [0.5, 0.6) is 0 Å². The van der Waals surface area contributed by atoms with Gasteiger partial charge in [-0.15, -0.1) is 11.3 Å². The number of rotatable bonds is 5. The van der Waals surface area contributed by atoms with Crippen molar-refractivity contribution >= 4 is 17.2 Å². The number of aryl methyl sites for hydroxylation is 2. The van der Waals surface area contributed by atoms with Gasteiger partial charge in [-0.25, -0.2) is 4.98 Å². The zero-order valence-electron chi connectivity index (χ0n) is 16.2. The molecule has 1 saturated carbocycles. The van der Waals surface area contributed by atoms with Crippen molar-refractivity contribution in [2.24, 2.45) is 11.7 Å². The molecule has 0 aliphatic heterocycles. The highest BCUT2D eigenvalue weighted by Gasteiger charge is 2.29. The Balaban J connectivity index is 1.73. The summed E-state index contributed by atoms with van der Waals surface area (Å²) in [5.74, 6) is 0.521. The lowest BCUT2D eigenvalue weighted by molar-refractivity contribution is -0.132. The molecule has 4 nitrogen and oxygen atoms in total. The van der Waals surface area contributed by atoms with E-state index in [0.717, 1.165) is 40.4 Å². The predicted octanol–water partition coefficient (Wildman–Crippen LogP) is 4.46. The van der Waals surface area contributed by atoms with Crippen molar-refractivity contribution < 1.29 is 4.79 Å². The molecule has 0 radical (unpaired) electrons. The van der Waals surface area contributed by atoms with Gasteiger partial charge in [-0.05, 0) is 39.5 Å². The van der Waals surface area contributed by atoms with Gasteiger partial charge in [-0.2, -0.15) is 0 Å². The molecule has 5 heteroatoms. The van der Waals surface area contributed by atoms with Crippen LogP contribution in [0.15, 0.2) is 24.3 Å². The summed E-state index contributed by atoms with van der Waals surface area (Å²) in [5.41, 5.74) is 9.52. The van der Waals surface area contributed by atoms with E-state index < -0.39 is 0 Å². The van der Waals surface area contributed by atoms with Crippen molar-refractivity contribution in [1.82, 2.24) is 9.88 Å². The lowest BCUT2D eigenvalue weighted by Crippen LogP contribution is -2.34. The van der Waals surface area contributed by atoms with Gasteiger partial charge >= 0.3 is 0 Å². The third-order valence-electron chi connectivity index (χ3n) is 5.64. The molecule has 3 atom stereocenters. The summed E-state index contributed by atoms with van der Waals surface area (Å²) >= 11 is 1.69. The van der Waals surface area contributed by atoms with Gasteiger partial charge in [0.15, 0.2) is 0 Å². The summed E-state index contributed by atoms with van der Waals surface area (Å²) in [6.45, 7) is 6.21. The summed E-state index contributed by atoms with van der Waals surface area (Å²) in [4.78, 5) is 20.5. The van der Waals surface area contributed by atoms with Gasteiger partial charge in [-0.1, -0.05) is 36.2 Å². The molecule has 2 N–H and O–H groups in total. The number of aromatic nitrogens is 1. The number of nitrogens with two attached hydrogens (primary N) is 1. The fourth-order valence-electron chi connectivity index (χ4n) is 3.69. The first-order chi connectivity index (χ1) is 12.4. The third kappa shape index (κ3) is 3.99. The molecule has 0 bridgehead atoms.